The highest BCUT2D eigenvalue weighted by Gasteiger charge is 2.22. The number of hydrogen-bond donors (Lipinski definition) is 1. The third-order valence-electron chi connectivity index (χ3n) is 2.95. The summed E-state index contributed by atoms with van der Waals surface area (Å²) in [4.78, 5) is 0. The molecule has 102 valence electrons. The Morgan fingerprint density at radius 3 is 2.58 bits per heavy atom. The van der Waals surface area contributed by atoms with E-state index in [1.54, 1.807) is 6.07 Å². The lowest BCUT2D eigenvalue weighted by atomic mass is 9.99. The monoisotopic (exact) mass is 329 g/mol. The van der Waals surface area contributed by atoms with Crippen LogP contribution in [0.2, 0.25) is 0 Å². The van der Waals surface area contributed by atoms with Crippen LogP contribution in [-0.4, -0.2) is 6.54 Å². The summed E-state index contributed by atoms with van der Waals surface area (Å²) in [5.74, 6) is -0.850. The second-order valence-electron chi connectivity index (χ2n) is 4.26. The van der Waals surface area contributed by atoms with E-state index >= 15 is 0 Å². The lowest BCUT2D eigenvalue weighted by molar-refractivity contribution is 0.514. The lowest BCUT2D eigenvalue weighted by Crippen LogP contribution is -2.23. The van der Waals surface area contributed by atoms with E-state index < -0.39 is 17.7 Å². The highest BCUT2D eigenvalue weighted by Crippen LogP contribution is 2.31. The van der Waals surface area contributed by atoms with Gasteiger partial charge in [0.2, 0.25) is 0 Å². The van der Waals surface area contributed by atoms with Crippen LogP contribution >= 0.6 is 15.9 Å². The third-order valence-corrected chi connectivity index (χ3v) is 3.60. The Kier molecular flexibility index (Phi) is 4.37. The maximum absolute atomic E-state index is 14.1. The Balaban J connectivity index is 2.51. The van der Waals surface area contributed by atoms with Gasteiger partial charge in [-0.2, -0.15) is 0 Å². The minimum Gasteiger partial charge on any atom is -0.457 e. The van der Waals surface area contributed by atoms with Crippen LogP contribution in [-0.2, 0) is 0 Å². The van der Waals surface area contributed by atoms with E-state index in [1.807, 2.05) is 6.92 Å². The fraction of sp³-hybridized carbons (Fsp3) is 0.286. The van der Waals surface area contributed by atoms with Gasteiger partial charge in [0.25, 0.3) is 0 Å². The highest BCUT2D eigenvalue weighted by molar-refractivity contribution is 9.10. The number of hydrogen-bond acceptors (Lipinski definition) is 2. The SMILES string of the molecule is CCNC(c1cc(F)c(C)cc1F)c1ccoc1Br. The van der Waals surface area contributed by atoms with Gasteiger partial charge in [-0.1, -0.05) is 6.92 Å². The molecule has 2 aromatic rings. The van der Waals surface area contributed by atoms with Gasteiger partial charge in [-0.15, -0.1) is 0 Å². The van der Waals surface area contributed by atoms with Crippen molar-refractivity contribution < 1.29 is 13.2 Å². The smallest absolute Gasteiger partial charge is 0.174 e. The van der Waals surface area contributed by atoms with Crippen LogP contribution in [0.3, 0.4) is 0 Å². The Labute approximate surface area is 118 Å². The average molecular weight is 330 g/mol. The van der Waals surface area contributed by atoms with E-state index in [0.717, 1.165) is 5.56 Å². The molecular formula is C14H14BrF2NO. The molecule has 0 amide bonds. The number of halogens is 3. The number of furan rings is 1. The van der Waals surface area contributed by atoms with Crippen LogP contribution in [0.25, 0.3) is 0 Å². The summed E-state index contributed by atoms with van der Waals surface area (Å²) in [6.45, 7) is 4.07. The largest absolute Gasteiger partial charge is 0.457 e. The second-order valence-corrected chi connectivity index (χ2v) is 4.98. The topological polar surface area (TPSA) is 25.2 Å². The van der Waals surface area contributed by atoms with Crippen molar-refractivity contribution in [1.82, 2.24) is 5.32 Å². The van der Waals surface area contributed by atoms with Crippen molar-refractivity contribution in [2.24, 2.45) is 0 Å². The van der Waals surface area contributed by atoms with E-state index in [0.29, 0.717) is 16.8 Å². The standard InChI is InChI=1S/C14H14BrF2NO/c1-3-18-13(9-4-5-19-14(9)15)10-7-11(16)8(2)6-12(10)17/h4-7,13,18H,3H2,1-2H3. The van der Waals surface area contributed by atoms with Crippen molar-refractivity contribution in [3.8, 4) is 0 Å². The first-order valence-electron chi connectivity index (χ1n) is 5.96. The highest BCUT2D eigenvalue weighted by atomic mass is 79.9. The van der Waals surface area contributed by atoms with Gasteiger partial charge in [0, 0.05) is 11.1 Å². The maximum Gasteiger partial charge on any atom is 0.174 e. The molecule has 0 radical (unpaired) electrons. The van der Waals surface area contributed by atoms with Gasteiger partial charge >= 0.3 is 0 Å². The van der Waals surface area contributed by atoms with Crippen molar-refractivity contribution in [1.29, 1.82) is 0 Å². The van der Waals surface area contributed by atoms with Crippen molar-refractivity contribution in [3.05, 3.63) is 57.5 Å². The minimum absolute atomic E-state index is 0.270. The van der Waals surface area contributed by atoms with Gasteiger partial charge < -0.3 is 9.73 Å². The summed E-state index contributed by atoms with van der Waals surface area (Å²) < 4.78 is 33.4. The predicted octanol–water partition coefficient (Wildman–Crippen LogP) is 4.33. The second kappa shape index (κ2) is 5.84. The van der Waals surface area contributed by atoms with Gasteiger partial charge in [0.15, 0.2) is 4.67 Å². The first kappa shape index (κ1) is 14.2. The Bertz CT molecular complexity index is 583. The van der Waals surface area contributed by atoms with Gasteiger partial charge in [-0.3, -0.25) is 0 Å². The van der Waals surface area contributed by atoms with Crippen LogP contribution in [0.15, 0.2) is 33.5 Å². The van der Waals surface area contributed by atoms with E-state index in [1.165, 1.54) is 25.3 Å². The van der Waals surface area contributed by atoms with Crippen LogP contribution in [0.1, 0.15) is 29.7 Å². The Hall–Kier alpha value is -1.20. The molecule has 1 N–H and O–H groups in total. The fourth-order valence-electron chi connectivity index (χ4n) is 1.98. The zero-order valence-corrected chi connectivity index (χ0v) is 12.2. The molecule has 0 saturated heterocycles. The molecule has 1 heterocycles. The zero-order valence-electron chi connectivity index (χ0n) is 10.6. The molecule has 19 heavy (non-hydrogen) atoms. The molecule has 0 spiro atoms. The number of nitrogens with one attached hydrogen (secondary N) is 1. The summed E-state index contributed by atoms with van der Waals surface area (Å²) >= 11 is 3.27. The molecule has 1 aromatic heterocycles. The van der Waals surface area contributed by atoms with Gasteiger partial charge in [-0.05, 0) is 53.2 Å². The average Bonchev–Trinajstić information content (AvgIpc) is 2.77. The summed E-state index contributed by atoms with van der Waals surface area (Å²) in [6, 6.07) is 3.72. The molecule has 0 aliphatic carbocycles. The van der Waals surface area contributed by atoms with Crippen LogP contribution < -0.4 is 5.32 Å². The molecule has 1 atom stereocenters. The molecule has 2 rings (SSSR count). The molecule has 0 bridgehead atoms. The van der Waals surface area contributed by atoms with Gasteiger partial charge in [0.1, 0.15) is 11.6 Å². The number of benzene rings is 1. The quantitative estimate of drug-likeness (QED) is 0.903. The van der Waals surface area contributed by atoms with Gasteiger partial charge in [0.05, 0.1) is 12.3 Å². The Morgan fingerprint density at radius 1 is 1.26 bits per heavy atom. The third kappa shape index (κ3) is 2.87. The van der Waals surface area contributed by atoms with Gasteiger partial charge in [-0.25, -0.2) is 8.78 Å². The molecule has 0 aliphatic heterocycles. The number of rotatable bonds is 4. The molecule has 2 nitrogen and oxygen atoms in total. The van der Waals surface area contributed by atoms with E-state index in [-0.39, 0.29) is 5.56 Å². The van der Waals surface area contributed by atoms with Crippen molar-refractivity contribution in [3.63, 3.8) is 0 Å². The summed E-state index contributed by atoms with van der Waals surface area (Å²) in [6.07, 6.45) is 1.51. The van der Waals surface area contributed by atoms with Crippen LogP contribution in [0.4, 0.5) is 8.78 Å². The van der Waals surface area contributed by atoms with E-state index in [9.17, 15) is 8.78 Å². The normalized spacial score (nSPS) is 12.7. The molecule has 5 heteroatoms. The lowest BCUT2D eigenvalue weighted by Gasteiger charge is -2.19. The Morgan fingerprint density at radius 2 is 2.00 bits per heavy atom. The summed E-state index contributed by atoms with van der Waals surface area (Å²) in [5, 5.41) is 3.13. The summed E-state index contributed by atoms with van der Waals surface area (Å²) in [7, 11) is 0. The summed E-state index contributed by atoms with van der Waals surface area (Å²) in [5.41, 5.74) is 1.30. The molecule has 0 aliphatic rings. The molecule has 1 aromatic carbocycles. The molecular weight excluding hydrogens is 316 g/mol. The zero-order chi connectivity index (χ0) is 14.0. The fourth-order valence-corrected chi connectivity index (χ4v) is 2.45. The molecule has 0 fully saturated rings. The predicted molar refractivity (Wildman–Crippen MR) is 73.0 cm³/mol. The van der Waals surface area contributed by atoms with E-state index in [2.05, 4.69) is 21.2 Å². The van der Waals surface area contributed by atoms with Crippen molar-refractivity contribution in [2.75, 3.05) is 6.54 Å². The van der Waals surface area contributed by atoms with Crippen LogP contribution in [0.5, 0.6) is 0 Å². The van der Waals surface area contributed by atoms with Crippen molar-refractivity contribution in [2.45, 2.75) is 19.9 Å². The first-order valence-corrected chi connectivity index (χ1v) is 6.75. The molecule has 1 unspecified atom stereocenters. The number of aryl methyl sites for hydroxylation is 1. The minimum atomic E-state index is -0.451. The maximum atomic E-state index is 14.1. The first-order chi connectivity index (χ1) is 9.04. The van der Waals surface area contributed by atoms with E-state index in [4.69, 9.17) is 4.42 Å². The van der Waals surface area contributed by atoms with Crippen molar-refractivity contribution >= 4 is 15.9 Å². The van der Waals surface area contributed by atoms with Crippen LogP contribution in [0, 0.1) is 18.6 Å². The molecule has 0 saturated carbocycles.